The highest BCUT2D eigenvalue weighted by molar-refractivity contribution is 5.91. The lowest BCUT2D eigenvalue weighted by molar-refractivity contribution is 0.190. The fourth-order valence-corrected chi connectivity index (χ4v) is 2.66. The Kier molecular flexibility index (Phi) is 4.62. The number of hydrogen-bond acceptors (Lipinski definition) is 5. The zero-order valence-electron chi connectivity index (χ0n) is 14.1. The van der Waals surface area contributed by atoms with E-state index in [1.165, 1.54) is 0 Å². The fraction of sp³-hybridized carbons (Fsp3) is 0.263. The number of phenolic OH excluding ortho intramolecular Hbond substituents is 1. The van der Waals surface area contributed by atoms with E-state index in [1.54, 1.807) is 19.2 Å². The number of benzene rings is 2. The van der Waals surface area contributed by atoms with Crippen molar-refractivity contribution in [2.24, 2.45) is 0 Å². The number of aryl methyl sites for hydroxylation is 1. The topological polar surface area (TPSA) is 67.3 Å². The van der Waals surface area contributed by atoms with Crippen LogP contribution in [-0.2, 0) is 4.74 Å². The Morgan fingerprint density at radius 1 is 1.17 bits per heavy atom. The normalized spacial score (nSPS) is 12.3. The van der Waals surface area contributed by atoms with Crippen molar-refractivity contribution in [3.8, 4) is 17.1 Å². The van der Waals surface area contributed by atoms with Crippen molar-refractivity contribution in [3.63, 3.8) is 0 Å². The number of nitrogens with zero attached hydrogens (tertiary/aromatic N) is 2. The highest BCUT2D eigenvalue weighted by atomic mass is 16.5. The average Bonchev–Trinajstić information content (AvgIpc) is 2.55. The Morgan fingerprint density at radius 3 is 2.71 bits per heavy atom. The molecule has 2 N–H and O–H groups in total. The second-order valence-electron chi connectivity index (χ2n) is 5.93. The van der Waals surface area contributed by atoms with E-state index >= 15 is 0 Å². The van der Waals surface area contributed by atoms with Gasteiger partial charge in [0.15, 0.2) is 5.82 Å². The Hall–Kier alpha value is -2.66. The van der Waals surface area contributed by atoms with Crippen molar-refractivity contribution in [1.82, 2.24) is 9.97 Å². The van der Waals surface area contributed by atoms with Gasteiger partial charge in [-0.05, 0) is 43.7 Å². The molecule has 1 heterocycles. The number of fused-ring (bicyclic) bond motifs is 1. The number of nitrogens with one attached hydrogen (secondary N) is 1. The molecule has 0 saturated heterocycles. The van der Waals surface area contributed by atoms with Crippen LogP contribution in [0.25, 0.3) is 22.3 Å². The van der Waals surface area contributed by atoms with Gasteiger partial charge in [-0.2, -0.15) is 0 Å². The molecule has 1 aromatic heterocycles. The Labute approximate surface area is 141 Å². The number of methoxy groups -OCH3 is 1. The van der Waals surface area contributed by atoms with Crippen LogP contribution in [0.5, 0.6) is 5.75 Å². The summed E-state index contributed by atoms with van der Waals surface area (Å²) in [5.74, 6) is 1.40. The second-order valence-corrected chi connectivity index (χ2v) is 5.93. The van der Waals surface area contributed by atoms with Gasteiger partial charge in [-0.3, -0.25) is 0 Å². The number of hydrogen-bond donors (Lipinski definition) is 2. The van der Waals surface area contributed by atoms with Crippen LogP contribution in [0, 0.1) is 6.92 Å². The number of aromatic hydroxyl groups is 1. The summed E-state index contributed by atoms with van der Waals surface area (Å²) in [4.78, 5) is 9.28. The minimum atomic E-state index is 0.103. The van der Waals surface area contributed by atoms with Crippen molar-refractivity contribution in [3.05, 3.63) is 48.0 Å². The molecule has 0 amide bonds. The molecule has 0 spiro atoms. The van der Waals surface area contributed by atoms with E-state index in [9.17, 15) is 5.11 Å². The minimum absolute atomic E-state index is 0.103. The van der Waals surface area contributed by atoms with Gasteiger partial charge in [-0.25, -0.2) is 9.97 Å². The molecular formula is C19H21N3O2. The van der Waals surface area contributed by atoms with Crippen LogP contribution >= 0.6 is 0 Å². The molecule has 0 fully saturated rings. The van der Waals surface area contributed by atoms with E-state index < -0.39 is 0 Å². The van der Waals surface area contributed by atoms with E-state index in [2.05, 4.69) is 15.3 Å². The third kappa shape index (κ3) is 3.31. The Morgan fingerprint density at radius 2 is 1.96 bits per heavy atom. The highest BCUT2D eigenvalue weighted by Gasteiger charge is 2.13. The monoisotopic (exact) mass is 323 g/mol. The van der Waals surface area contributed by atoms with Gasteiger partial charge < -0.3 is 15.2 Å². The molecule has 124 valence electrons. The first-order valence-corrected chi connectivity index (χ1v) is 7.90. The summed E-state index contributed by atoms with van der Waals surface area (Å²) in [5, 5.41) is 14.5. The average molecular weight is 323 g/mol. The lowest BCUT2D eigenvalue weighted by Gasteiger charge is -2.16. The molecule has 24 heavy (non-hydrogen) atoms. The first kappa shape index (κ1) is 16.2. The van der Waals surface area contributed by atoms with Gasteiger partial charge in [0, 0.05) is 18.5 Å². The third-order valence-corrected chi connectivity index (χ3v) is 3.80. The van der Waals surface area contributed by atoms with Crippen LogP contribution in [0.1, 0.15) is 12.5 Å². The first-order chi connectivity index (χ1) is 11.6. The summed E-state index contributed by atoms with van der Waals surface area (Å²) in [7, 11) is 1.67. The second kappa shape index (κ2) is 6.84. The minimum Gasteiger partial charge on any atom is -0.507 e. The highest BCUT2D eigenvalue weighted by Crippen LogP contribution is 2.30. The summed E-state index contributed by atoms with van der Waals surface area (Å²) in [6, 6.07) is 13.3. The molecule has 1 unspecified atom stereocenters. The standard InChI is InChI=1S/C19H21N3O2/c1-12-8-9-14-16(10-12)21-19(15-6-4-5-7-17(15)23)22-18(14)20-13(2)11-24-3/h4-10,13,23H,11H2,1-3H3,(H,20,21,22). The predicted octanol–water partition coefficient (Wildman–Crippen LogP) is 3.76. The van der Waals surface area contributed by atoms with Gasteiger partial charge in [-0.15, -0.1) is 0 Å². The molecule has 3 aromatic rings. The van der Waals surface area contributed by atoms with Crippen LogP contribution in [-0.4, -0.2) is 34.8 Å². The summed E-state index contributed by atoms with van der Waals surface area (Å²) in [5.41, 5.74) is 2.58. The van der Waals surface area contributed by atoms with Gasteiger partial charge in [0.25, 0.3) is 0 Å². The lowest BCUT2D eigenvalue weighted by Crippen LogP contribution is -2.21. The molecule has 0 saturated carbocycles. The first-order valence-electron chi connectivity index (χ1n) is 7.90. The van der Waals surface area contributed by atoms with E-state index in [4.69, 9.17) is 4.74 Å². The Balaban J connectivity index is 2.16. The van der Waals surface area contributed by atoms with E-state index in [0.717, 1.165) is 22.3 Å². The van der Waals surface area contributed by atoms with Crippen LogP contribution < -0.4 is 5.32 Å². The molecule has 0 aliphatic heterocycles. The maximum Gasteiger partial charge on any atom is 0.165 e. The van der Waals surface area contributed by atoms with E-state index in [-0.39, 0.29) is 11.8 Å². The largest absolute Gasteiger partial charge is 0.507 e. The maximum atomic E-state index is 10.1. The molecule has 0 radical (unpaired) electrons. The summed E-state index contributed by atoms with van der Waals surface area (Å²) >= 11 is 0. The molecule has 1 atom stereocenters. The van der Waals surface area contributed by atoms with Crippen molar-refractivity contribution < 1.29 is 9.84 Å². The molecule has 0 aliphatic rings. The quantitative estimate of drug-likeness (QED) is 0.748. The van der Waals surface area contributed by atoms with Gasteiger partial charge >= 0.3 is 0 Å². The summed E-state index contributed by atoms with van der Waals surface area (Å²) in [6.07, 6.45) is 0. The smallest absolute Gasteiger partial charge is 0.165 e. The molecule has 0 aliphatic carbocycles. The fourth-order valence-electron chi connectivity index (χ4n) is 2.66. The van der Waals surface area contributed by atoms with Crippen molar-refractivity contribution in [1.29, 1.82) is 0 Å². The SMILES string of the molecule is COCC(C)Nc1nc(-c2ccccc2O)nc2cc(C)ccc12. The number of para-hydroxylation sites is 1. The Bertz CT molecular complexity index is 864. The van der Waals surface area contributed by atoms with Gasteiger partial charge in [0.05, 0.1) is 17.7 Å². The lowest BCUT2D eigenvalue weighted by atomic mass is 10.1. The molecule has 0 bridgehead atoms. The van der Waals surface area contributed by atoms with Crippen LogP contribution in [0.2, 0.25) is 0 Å². The van der Waals surface area contributed by atoms with Gasteiger partial charge in [-0.1, -0.05) is 18.2 Å². The van der Waals surface area contributed by atoms with Crippen molar-refractivity contribution >= 4 is 16.7 Å². The maximum absolute atomic E-state index is 10.1. The van der Waals surface area contributed by atoms with Gasteiger partial charge in [0.1, 0.15) is 11.6 Å². The van der Waals surface area contributed by atoms with Crippen LogP contribution in [0.4, 0.5) is 5.82 Å². The molecule has 5 nitrogen and oxygen atoms in total. The number of ether oxygens (including phenoxy) is 1. The van der Waals surface area contributed by atoms with E-state index in [1.807, 2.05) is 44.2 Å². The van der Waals surface area contributed by atoms with E-state index in [0.29, 0.717) is 18.0 Å². The zero-order valence-corrected chi connectivity index (χ0v) is 14.1. The molecule has 5 heteroatoms. The number of rotatable bonds is 5. The van der Waals surface area contributed by atoms with Crippen molar-refractivity contribution in [2.75, 3.05) is 19.0 Å². The van der Waals surface area contributed by atoms with Gasteiger partial charge in [0.2, 0.25) is 0 Å². The molecule has 2 aromatic carbocycles. The zero-order chi connectivity index (χ0) is 17.1. The number of phenols is 1. The third-order valence-electron chi connectivity index (χ3n) is 3.80. The predicted molar refractivity (Wildman–Crippen MR) is 96.3 cm³/mol. The summed E-state index contributed by atoms with van der Waals surface area (Å²) in [6.45, 7) is 4.64. The number of anilines is 1. The molecule has 3 rings (SSSR count). The van der Waals surface area contributed by atoms with Crippen LogP contribution in [0.3, 0.4) is 0 Å². The van der Waals surface area contributed by atoms with Crippen molar-refractivity contribution in [2.45, 2.75) is 19.9 Å². The molecular weight excluding hydrogens is 302 g/mol. The number of aromatic nitrogens is 2. The van der Waals surface area contributed by atoms with Crippen LogP contribution in [0.15, 0.2) is 42.5 Å². The summed E-state index contributed by atoms with van der Waals surface area (Å²) < 4.78 is 5.20.